The quantitative estimate of drug-likeness (QED) is 0.791. The van der Waals surface area contributed by atoms with Gasteiger partial charge in [-0.1, -0.05) is 0 Å². The van der Waals surface area contributed by atoms with Crippen LogP contribution in [-0.2, 0) is 20.8 Å². The minimum atomic E-state index is -1.36. The van der Waals surface area contributed by atoms with Crippen molar-refractivity contribution in [2.75, 3.05) is 5.06 Å². The fourth-order valence-corrected chi connectivity index (χ4v) is 2.01. The lowest BCUT2D eigenvalue weighted by atomic mass is 10.0. The highest BCUT2D eigenvalue weighted by atomic mass is 16.8. The van der Waals surface area contributed by atoms with Gasteiger partial charge in [0.15, 0.2) is 0 Å². The Balaban J connectivity index is 2.26. The number of hydroxylamine groups is 1. The molecule has 9 nitrogen and oxygen atoms in total. The summed E-state index contributed by atoms with van der Waals surface area (Å²) in [6, 6.07) is 2.02. The van der Waals surface area contributed by atoms with Gasteiger partial charge in [-0.3, -0.25) is 14.6 Å². The van der Waals surface area contributed by atoms with Crippen molar-refractivity contribution < 1.29 is 29.1 Å². The molecule has 23 heavy (non-hydrogen) atoms. The molecule has 0 saturated carbocycles. The van der Waals surface area contributed by atoms with E-state index >= 15 is 0 Å². The number of aromatic nitrogens is 1. The van der Waals surface area contributed by atoms with E-state index in [2.05, 4.69) is 10.3 Å². The molecule has 0 spiro atoms. The van der Waals surface area contributed by atoms with Gasteiger partial charge in [0, 0.05) is 12.6 Å². The first-order valence-electron chi connectivity index (χ1n) is 6.85. The third-order valence-electron chi connectivity index (χ3n) is 2.83. The summed E-state index contributed by atoms with van der Waals surface area (Å²) in [6.07, 6.45) is -0.871. The highest BCUT2D eigenvalue weighted by Crippen LogP contribution is 2.27. The molecule has 2 amide bonds. The lowest BCUT2D eigenvalue weighted by molar-refractivity contribution is -0.128. The number of carboxylic acid groups (broad SMARTS) is 1. The number of nitrogens with zero attached hydrogens (tertiary/aromatic N) is 2. The second-order valence-corrected chi connectivity index (χ2v) is 5.86. The highest BCUT2D eigenvalue weighted by Gasteiger charge is 2.38. The predicted molar refractivity (Wildman–Crippen MR) is 77.7 cm³/mol. The zero-order valence-electron chi connectivity index (χ0n) is 12.9. The molecule has 0 saturated heterocycles. The zero-order valence-corrected chi connectivity index (χ0v) is 12.9. The minimum Gasteiger partial charge on any atom is -0.465 e. The van der Waals surface area contributed by atoms with E-state index in [1.165, 1.54) is 6.20 Å². The van der Waals surface area contributed by atoms with Gasteiger partial charge in [0.1, 0.15) is 17.3 Å². The first-order chi connectivity index (χ1) is 10.7. The van der Waals surface area contributed by atoms with Crippen molar-refractivity contribution in [3.05, 3.63) is 24.0 Å². The van der Waals surface area contributed by atoms with E-state index in [1.54, 1.807) is 32.9 Å². The number of carbonyl (C=O) groups excluding carboxylic acids is 2. The smallest absolute Gasteiger partial charge is 0.465 e. The Morgan fingerprint density at radius 1 is 1.43 bits per heavy atom. The Morgan fingerprint density at radius 2 is 2.13 bits per heavy atom. The molecule has 1 aliphatic heterocycles. The van der Waals surface area contributed by atoms with Crippen molar-refractivity contribution >= 4 is 23.8 Å². The second-order valence-electron chi connectivity index (χ2n) is 5.86. The lowest BCUT2D eigenvalue weighted by Gasteiger charge is -2.31. The van der Waals surface area contributed by atoms with E-state index in [9.17, 15) is 14.4 Å². The summed E-state index contributed by atoms with van der Waals surface area (Å²) in [5, 5.41) is 11.6. The van der Waals surface area contributed by atoms with Crippen LogP contribution >= 0.6 is 0 Å². The van der Waals surface area contributed by atoms with Crippen molar-refractivity contribution in [2.24, 2.45) is 0 Å². The number of hydrogen-bond donors (Lipinski definition) is 2. The van der Waals surface area contributed by atoms with E-state index in [0.29, 0.717) is 10.8 Å². The summed E-state index contributed by atoms with van der Waals surface area (Å²) in [6.45, 7) is 4.95. The van der Waals surface area contributed by atoms with Crippen LogP contribution in [-0.4, -0.2) is 39.9 Å². The van der Waals surface area contributed by atoms with E-state index in [-0.39, 0.29) is 12.1 Å². The van der Waals surface area contributed by atoms with Crippen LogP contribution in [0.5, 0.6) is 0 Å². The van der Waals surface area contributed by atoms with Crippen molar-refractivity contribution in [3.63, 3.8) is 0 Å². The molecule has 1 unspecified atom stereocenters. The standard InChI is InChI=1S/C14H17N3O6/c1-14(2,3)22-13(21)23-17-10-5-4-6-15-8(10)7-9(11(17)18)16-12(19)20/h4-6,9,16H,7H2,1-3H3,(H,19,20). The molecule has 1 aliphatic rings. The van der Waals surface area contributed by atoms with Gasteiger partial charge in [-0.05, 0) is 32.9 Å². The molecule has 0 radical (unpaired) electrons. The second kappa shape index (κ2) is 6.11. The molecule has 2 N–H and O–H groups in total. The number of ether oxygens (including phenoxy) is 1. The molecular weight excluding hydrogens is 306 g/mol. The number of amides is 2. The molecule has 1 aromatic heterocycles. The van der Waals surface area contributed by atoms with Crippen LogP contribution in [0.4, 0.5) is 15.3 Å². The highest BCUT2D eigenvalue weighted by molar-refractivity contribution is 6.00. The molecule has 0 fully saturated rings. The topological polar surface area (TPSA) is 118 Å². The number of anilines is 1. The number of carbonyl (C=O) groups is 3. The normalized spacial score (nSPS) is 17.3. The Morgan fingerprint density at radius 3 is 2.74 bits per heavy atom. The Kier molecular flexibility index (Phi) is 4.39. The number of hydrogen-bond acceptors (Lipinski definition) is 6. The summed E-state index contributed by atoms with van der Waals surface area (Å²) in [7, 11) is 0. The molecule has 1 atom stereocenters. The van der Waals surface area contributed by atoms with Gasteiger partial charge in [0.25, 0.3) is 5.91 Å². The number of fused-ring (bicyclic) bond motifs is 1. The van der Waals surface area contributed by atoms with E-state index in [4.69, 9.17) is 14.7 Å². The molecule has 0 aliphatic carbocycles. The molecule has 9 heteroatoms. The van der Waals surface area contributed by atoms with E-state index in [1.807, 2.05) is 0 Å². The average Bonchev–Trinajstić information content (AvgIpc) is 2.41. The van der Waals surface area contributed by atoms with Gasteiger partial charge in [-0.25, -0.2) is 9.59 Å². The average molecular weight is 323 g/mol. The number of rotatable bonds is 2. The first-order valence-corrected chi connectivity index (χ1v) is 6.85. The summed E-state index contributed by atoms with van der Waals surface area (Å²) < 4.78 is 5.01. The summed E-state index contributed by atoms with van der Waals surface area (Å²) >= 11 is 0. The van der Waals surface area contributed by atoms with Crippen LogP contribution in [0.3, 0.4) is 0 Å². The molecule has 2 rings (SSSR count). The molecule has 1 aromatic rings. The zero-order chi connectivity index (χ0) is 17.2. The van der Waals surface area contributed by atoms with Crippen LogP contribution in [0.15, 0.2) is 18.3 Å². The fraction of sp³-hybridized carbons (Fsp3) is 0.429. The van der Waals surface area contributed by atoms with E-state index < -0.39 is 29.8 Å². The SMILES string of the molecule is CC(C)(C)OC(=O)ON1C(=O)C(NC(=O)O)Cc2ncccc21. The van der Waals surface area contributed by atoms with Gasteiger partial charge < -0.3 is 15.2 Å². The van der Waals surface area contributed by atoms with Crippen molar-refractivity contribution in [1.82, 2.24) is 10.3 Å². The lowest BCUT2D eigenvalue weighted by Crippen LogP contribution is -2.53. The van der Waals surface area contributed by atoms with Gasteiger partial charge in [-0.2, -0.15) is 0 Å². The molecule has 0 bridgehead atoms. The minimum absolute atomic E-state index is 0.0650. The Hall–Kier alpha value is -2.84. The molecule has 124 valence electrons. The maximum absolute atomic E-state index is 12.4. The monoisotopic (exact) mass is 323 g/mol. The van der Waals surface area contributed by atoms with Gasteiger partial charge >= 0.3 is 12.2 Å². The third kappa shape index (κ3) is 4.09. The summed E-state index contributed by atoms with van der Waals surface area (Å²) in [4.78, 5) is 44.0. The van der Waals surface area contributed by atoms with Crippen molar-refractivity contribution in [1.29, 1.82) is 0 Å². The summed E-state index contributed by atoms with van der Waals surface area (Å²) in [5.41, 5.74) is -0.104. The molecule has 2 heterocycles. The van der Waals surface area contributed by atoms with Gasteiger partial charge in [0.05, 0.1) is 5.69 Å². The van der Waals surface area contributed by atoms with Crippen LogP contribution in [0.2, 0.25) is 0 Å². The van der Waals surface area contributed by atoms with Crippen molar-refractivity contribution in [2.45, 2.75) is 38.8 Å². The largest absolute Gasteiger partial charge is 0.534 e. The fourth-order valence-electron chi connectivity index (χ4n) is 2.01. The Labute approximate surface area is 132 Å². The van der Waals surface area contributed by atoms with Crippen LogP contribution in [0.1, 0.15) is 26.5 Å². The van der Waals surface area contributed by atoms with Gasteiger partial charge in [-0.15, -0.1) is 5.06 Å². The van der Waals surface area contributed by atoms with Crippen molar-refractivity contribution in [3.8, 4) is 0 Å². The molecule has 0 aromatic carbocycles. The molecular formula is C14H17N3O6. The number of nitrogens with one attached hydrogen (secondary N) is 1. The predicted octanol–water partition coefficient (Wildman–Crippen LogP) is 1.47. The van der Waals surface area contributed by atoms with E-state index in [0.717, 1.165) is 0 Å². The maximum Gasteiger partial charge on any atom is 0.534 e. The van der Waals surface area contributed by atoms with Crippen LogP contribution in [0, 0.1) is 0 Å². The number of pyridine rings is 1. The third-order valence-corrected chi connectivity index (χ3v) is 2.83. The van der Waals surface area contributed by atoms with Crippen LogP contribution in [0.25, 0.3) is 0 Å². The van der Waals surface area contributed by atoms with Crippen LogP contribution < -0.4 is 10.4 Å². The Bertz CT molecular complexity index is 640. The summed E-state index contributed by atoms with van der Waals surface area (Å²) in [5.74, 6) is -0.723. The van der Waals surface area contributed by atoms with Gasteiger partial charge in [0.2, 0.25) is 0 Å². The maximum atomic E-state index is 12.4. The first kappa shape index (κ1) is 16.5.